The van der Waals surface area contributed by atoms with Crippen LogP contribution in [0, 0.1) is 5.92 Å². The van der Waals surface area contributed by atoms with E-state index in [4.69, 9.17) is 14.9 Å². The van der Waals surface area contributed by atoms with Gasteiger partial charge in [-0.1, -0.05) is 13.0 Å². The number of nitrogens with zero attached hydrogens (tertiary/aromatic N) is 1. The SMILES string of the molecule is COCC(C)CNc1nc2c(N)cccc2o1. The molecule has 0 aliphatic rings. The number of methoxy groups -OCH3 is 1. The lowest BCUT2D eigenvalue weighted by molar-refractivity contribution is 0.164. The van der Waals surface area contributed by atoms with Crippen LogP contribution >= 0.6 is 0 Å². The zero-order chi connectivity index (χ0) is 12.3. The third-order valence-corrected chi connectivity index (χ3v) is 2.50. The number of benzene rings is 1. The predicted octanol–water partition coefficient (Wildman–Crippen LogP) is 2.10. The van der Waals surface area contributed by atoms with Crippen LogP contribution in [0.5, 0.6) is 0 Å². The molecule has 3 N–H and O–H groups in total. The molecule has 0 spiro atoms. The molecule has 17 heavy (non-hydrogen) atoms. The second kappa shape index (κ2) is 5.05. The van der Waals surface area contributed by atoms with E-state index >= 15 is 0 Å². The average Bonchev–Trinajstić information content (AvgIpc) is 2.71. The van der Waals surface area contributed by atoms with Crippen molar-refractivity contribution in [2.75, 3.05) is 31.3 Å². The van der Waals surface area contributed by atoms with Crippen molar-refractivity contribution in [3.63, 3.8) is 0 Å². The molecule has 5 nitrogen and oxygen atoms in total. The van der Waals surface area contributed by atoms with Crippen LogP contribution in [0.4, 0.5) is 11.7 Å². The quantitative estimate of drug-likeness (QED) is 0.776. The van der Waals surface area contributed by atoms with E-state index in [1.807, 2.05) is 18.2 Å². The van der Waals surface area contributed by atoms with Crippen LogP contribution in [-0.4, -0.2) is 25.2 Å². The number of aromatic nitrogens is 1. The summed E-state index contributed by atoms with van der Waals surface area (Å²) in [5.41, 5.74) is 7.84. The normalized spacial score (nSPS) is 12.8. The van der Waals surface area contributed by atoms with Crippen LogP contribution in [-0.2, 0) is 4.74 Å². The van der Waals surface area contributed by atoms with Gasteiger partial charge in [0.25, 0.3) is 6.01 Å². The van der Waals surface area contributed by atoms with E-state index in [1.165, 1.54) is 0 Å². The monoisotopic (exact) mass is 235 g/mol. The Morgan fingerprint density at radius 2 is 2.35 bits per heavy atom. The number of nitrogens with two attached hydrogens (primary N) is 1. The highest BCUT2D eigenvalue weighted by Crippen LogP contribution is 2.23. The van der Waals surface area contributed by atoms with E-state index in [2.05, 4.69) is 17.2 Å². The average molecular weight is 235 g/mol. The van der Waals surface area contributed by atoms with E-state index in [0.717, 1.165) is 6.54 Å². The smallest absolute Gasteiger partial charge is 0.295 e. The van der Waals surface area contributed by atoms with Gasteiger partial charge in [0, 0.05) is 13.7 Å². The molecule has 92 valence electrons. The molecule has 0 fully saturated rings. The van der Waals surface area contributed by atoms with Gasteiger partial charge in [0.05, 0.1) is 12.3 Å². The maximum absolute atomic E-state index is 5.80. The lowest BCUT2D eigenvalue weighted by Gasteiger charge is -2.09. The van der Waals surface area contributed by atoms with Crippen molar-refractivity contribution in [1.82, 2.24) is 4.98 Å². The Balaban J connectivity index is 2.07. The molecular weight excluding hydrogens is 218 g/mol. The summed E-state index contributed by atoms with van der Waals surface area (Å²) in [6.07, 6.45) is 0. The topological polar surface area (TPSA) is 73.3 Å². The van der Waals surface area contributed by atoms with Gasteiger partial charge in [-0.3, -0.25) is 0 Å². The molecule has 1 unspecified atom stereocenters. The van der Waals surface area contributed by atoms with Gasteiger partial charge in [0.2, 0.25) is 0 Å². The number of hydrogen-bond donors (Lipinski definition) is 2. The highest BCUT2D eigenvalue weighted by molar-refractivity contribution is 5.86. The van der Waals surface area contributed by atoms with E-state index in [1.54, 1.807) is 7.11 Å². The Kier molecular flexibility index (Phi) is 3.49. The Morgan fingerprint density at radius 1 is 1.53 bits per heavy atom. The highest BCUT2D eigenvalue weighted by atomic mass is 16.5. The zero-order valence-electron chi connectivity index (χ0n) is 10.1. The summed E-state index contributed by atoms with van der Waals surface area (Å²) in [7, 11) is 1.69. The van der Waals surface area contributed by atoms with Crippen LogP contribution in [0.25, 0.3) is 11.1 Å². The van der Waals surface area contributed by atoms with Crippen LogP contribution in [0.3, 0.4) is 0 Å². The van der Waals surface area contributed by atoms with Gasteiger partial charge in [-0.25, -0.2) is 0 Å². The van der Waals surface area contributed by atoms with Crippen molar-refractivity contribution in [3.8, 4) is 0 Å². The highest BCUT2D eigenvalue weighted by Gasteiger charge is 2.08. The molecule has 0 bridgehead atoms. The third kappa shape index (κ3) is 2.68. The summed E-state index contributed by atoms with van der Waals surface area (Å²) in [5, 5.41) is 3.13. The summed E-state index contributed by atoms with van der Waals surface area (Å²) in [6, 6.07) is 6.01. The fourth-order valence-electron chi connectivity index (χ4n) is 1.65. The molecule has 0 aliphatic carbocycles. The number of rotatable bonds is 5. The maximum Gasteiger partial charge on any atom is 0.295 e. The molecule has 5 heteroatoms. The number of anilines is 2. The molecule has 1 aromatic heterocycles. The van der Waals surface area contributed by atoms with Crippen LogP contribution in [0.15, 0.2) is 22.6 Å². The maximum atomic E-state index is 5.80. The number of ether oxygens (including phenoxy) is 1. The van der Waals surface area contributed by atoms with Crippen molar-refractivity contribution in [1.29, 1.82) is 0 Å². The first-order valence-electron chi connectivity index (χ1n) is 5.58. The number of para-hydroxylation sites is 1. The fourth-order valence-corrected chi connectivity index (χ4v) is 1.65. The lowest BCUT2D eigenvalue weighted by atomic mass is 10.2. The molecule has 1 heterocycles. The van der Waals surface area contributed by atoms with Crippen molar-refractivity contribution in [3.05, 3.63) is 18.2 Å². The summed E-state index contributed by atoms with van der Waals surface area (Å²) in [5.74, 6) is 0.396. The molecule has 1 aromatic carbocycles. The molecule has 2 aromatic rings. The molecule has 1 atom stereocenters. The molecular formula is C12H17N3O2. The number of hydrogen-bond acceptors (Lipinski definition) is 5. The van der Waals surface area contributed by atoms with Crippen LogP contribution in [0.1, 0.15) is 6.92 Å². The summed E-state index contributed by atoms with van der Waals surface area (Å²) in [4.78, 5) is 4.30. The Bertz CT molecular complexity index is 495. The minimum Gasteiger partial charge on any atom is -0.423 e. The summed E-state index contributed by atoms with van der Waals surface area (Å²) in [6.45, 7) is 3.55. The van der Waals surface area contributed by atoms with Gasteiger partial charge in [0.15, 0.2) is 5.58 Å². The first-order valence-corrected chi connectivity index (χ1v) is 5.58. The van der Waals surface area contributed by atoms with Gasteiger partial charge < -0.3 is 20.2 Å². The van der Waals surface area contributed by atoms with Gasteiger partial charge in [-0.05, 0) is 18.1 Å². The van der Waals surface area contributed by atoms with Crippen LogP contribution < -0.4 is 11.1 Å². The van der Waals surface area contributed by atoms with Crippen LogP contribution in [0.2, 0.25) is 0 Å². The molecule has 0 saturated heterocycles. The van der Waals surface area contributed by atoms with E-state index in [-0.39, 0.29) is 0 Å². The molecule has 2 rings (SSSR count). The molecule has 0 radical (unpaired) electrons. The Labute approximate surface area is 100.0 Å². The minimum absolute atomic E-state index is 0.396. The minimum atomic E-state index is 0.396. The predicted molar refractivity (Wildman–Crippen MR) is 68.0 cm³/mol. The number of oxazole rings is 1. The third-order valence-electron chi connectivity index (χ3n) is 2.50. The first-order chi connectivity index (χ1) is 8.20. The van der Waals surface area contributed by atoms with Crippen molar-refractivity contribution < 1.29 is 9.15 Å². The fraction of sp³-hybridized carbons (Fsp3) is 0.417. The second-order valence-electron chi connectivity index (χ2n) is 4.15. The second-order valence-corrected chi connectivity index (χ2v) is 4.15. The first kappa shape index (κ1) is 11.7. The molecule has 0 aliphatic heterocycles. The number of nitrogen functional groups attached to an aromatic ring is 1. The molecule has 0 saturated carbocycles. The lowest BCUT2D eigenvalue weighted by Crippen LogP contribution is -2.15. The zero-order valence-corrected chi connectivity index (χ0v) is 10.1. The largest absolute Gasteiger partial charge is 0.423 e. The van der Waals surface area contributed by atoms with E-state index < -0.39 is 0 Å². The van der Waals surface area contributed by atoms with Gasteiger partial charge in [-0.2, -0.15) is 4.98 Å². The number of fused-ring (bicyclic) bond motifs is 1. The standard InChI is InChI=1S/C12H17N3O2/c1-8(7-16-2)6-14-12-15-11-9(13)4-3-5-10(11)17-12/h3-5,8H,6-7,13H2,1-2H3,(H,14,15). The van der Waals surface area contributed by atoms with Gasteiger partial charge in [0.1, 0.15) is 5.52 Å². The Morgan fingerprint density at radius 3 is 3.06 bits per heavy atom. The number of nitrogens with one attached hydrogen (secondary N) is 1. The summed E-state index contributed by atoms with van der Waals surface area (Å²) >= 11 is 0. The molecule has 0 amide bonds. The Hall–Kier alpha value is -1.75. The van der Waals surface area contributed by atoms with E-state index in [0.29, 0.717) is 35.3 Å². The van der Waals surface area contributed by atoms with Crippen molar-refractivity contribution >= 4 is 22.8 Å². The van der Waals surface area contributed by atoms with Gasteiger partial charge >= 0.3 is 0 Å². The van der Waals surface area contributed by atoms with Crippen molar-refractivity contribution in [2.24, 2.45) is 5.92 Å². The summed E-state index contributed by atoms with van der Waals surface area (Å²) < 4.78 is 10.6. The van der Waals surface area contributed by atoms with Crippen molar-refractivity contribution in [2.45, 2.75) is 6.92 Å². The van der Waals surface area contributed by atoms with E-state index in [9.17, 15) is 0 Å². The van der Waals surface area contributed by atoms with Gasteiger partial charge in [-0.15, -0.1) is 0 Å².